The molecule has 0 atom stereocenters. The molecule has 0 bridgehead atoms. The number of fused-ring (bicyclic) bond motifs is 1. The molecule has 0 saturated heterocycles. The quantitative estimate of drug-likeness (QED) is 0.867. The molecule has 0 fully saturated rings. The summed E-state index contributed by atoms with van der Waals surface area (Å²) in [4.78, 5) is 23.3. The van der Waals surface area contributed by atoms with Crippen molar-refractivity contribution in [3.8, 4) is 0 Å². The van der Waals surface area contributed by atoms with Gasteiger partial charge >= 0.3 is 5.69 Å². The molecule has 0 unspecified atom stereocenters. The van der Waals surface area contributed by atoms with Crippen LogP contribution in [0.2, 0.25) is 0 Å². The molecule has 0 amide bonds. The summed E-state index contributed by atoms with van der Waals surface area (Å²) < 4.78 is 1.63. The lowest BCUT2D eigenvalue weighted by Gasteiger charge is -2.21. The maximum atomic E-state index is 12.4. The molecule has 0 radical (unpaired) electrons. The molecule has 0 N–H and O–H groups in total. The Labute approximate surface area is 125 Å². The van der Waals surface area contributed by atoms with Crippen LogP contribution in [0.3, 0.4) is 0 Å². The van der Waals surface area contributed by atoms with E-state index in [9.17, 15) is 4.79 Å². The normalized spacial score (nSPS) is 11.1. The first kappa shape index (κ1) is 15.5. The predicted octanol–water partition coefficient (Wildman–Crippen LogP) is 2.56. The van der Waals surface area contributed by atoms with E-state index >= 15 is 0 Å². The molecule has 114 valence electrons. The molecule has 2 heterocycles. The molecule has 21 heavy (non-hydrogen) atoms. The van der Waals surface area contributed by atoms with Gasteiger partial charge in [0.2, 0.25) is 5.95 Å². The van der Waals surface area contributed by atoms with Gasteiger partial charge in [-0.3, -0.25) is 0 Å². The fraction of sp³-hybridized carbons (Fsp3) is 0.562. The van der Waals surface area contributed by atoms with Crippen molar-refractivity contribution in [2.75, 3.05) is 18.0 Å². The standard InChI is InChI=1S/C16H24N4O/c1-7-9-19(8-2)15-17-14-12(5)10(3)11(4)13(6)20(14)16(21)18-15/h7-9H2,1-6H3. The van der Waals surface area contributed by atoms with Crippen LogP contribution < -0.4 is 10.6 Å². The molecule has 0 aliphatic carbocycles. The summed E-state index contributed by atoms with van der Waals surface area (Å²) in [5.41, 5.74) is 4.76. The summed E-state index contributed by atoms with van der Waals surface area (Å²) in [6.07, 6.45) is 1.00. The Morgan fingerprint density at radius 3 is 2.24 bits per heavy atom. The largest absolute Gasteiger partial charge is 0.356 e. The predicted molar refractivity (Wildman–Crippen MR) is 86.4 cm³/mol. The Morgan fingerprint density at radius 2 is 1.67 bits per heavy atom. The van der Waals surface area contributed by atoms with Gasteiger partial charge in [0.25, 0.3) is 0 Å². The van der Waals surface area contributed by atoms with Crippen LogP contribution in [-0.2, 0) is 0 Å². The van der Waals surface area contributed by atoms with Gasteiger partial charge in [-0.1, -0.05) is 6.92 Å². The summed E-state index contributed by atoms with van der Waals surface area (Å²) in [5, 5.41) is 0. The van der Waals surface area contributed by atoms with E-state index in [0.29, 0.717) is 5.95 Å². The van der Waals surface area contributed by atoms with Crippen LogP contribution in [0.4, 0.5) is 5.95 Å². The fourth-order valence-corrected chi connectivity index (χ4v) is 2.65. The first-order valence-corrected chi connectivity index (χ1v) is 7.54. The molecular formula is C16H24N4O. The van der Waals surface area contributed by atoms with E-state index in [0.717, 1.165) is 42.0 Å². The molecule has 2 aromatic rings. The molecule has 2 aromatic heterocycles. The molecule has 0 aliphatic heterocycles. The Morgan fingerprint density at radius 1 is 1.00 bits per heavy atom. The summed E-state index contributed by atoms with van der Waals surface area (Å²) in [7, 11) is 0. The molecule has 0 spiro atoms. The van der Waals surface area contributed by atoms with Crippen LogP contribution >= 0.6 is 0 Å². The first-order chi connectivity index (χ1) is 9.92. The van der Waals surface area contributed by atoms with Crippen molar-refractivity contribution in [1.82, 2.24) is 14.4 Å². The lowest BCUT2D eigenvalue weighted by molar-refractivity contribution is 0.747. The van der Waals surface area contributed by atoms with Gasteiger partial charge in [-0.15, -0.1) is 0 Å². The number of hydrogen-bond acceptors (Lipinski definition) is 4. The fourth-order valence-electron chi connectivity index (χ4n) is 2.65. The number of rotatable bonds is 4. The van der Waals surface area contributed by atoms with Gasteiger partial charge in [0, 0.05) is 18.8 Å². The van der Waals surface area contributed by atoms with E-state index in [-0.39, 0.29) is 5.69 Å². The minimum absolute atomic E-state index is 0.242. The maximum Gasteiger partial charge on any atom is 0.356 e. The number of aromatic nitrogens is 3. The van der Waals surface area contributed by atoms with Crippen molar-refractivity contribution < 1.29 is 0 Å². The van der Waals surface area contributed by atoms with E-state index in [1.165, 1.54) is 5.56 Å². The molecule has 5 heteroatoms. The van der Waals surface area contributed by atoms with Crippen molar-refractivity contribution in [3.63, 3.8) is 0 Å². The Kier molecular flexibility index (Phi) is 4.30. The zero-order chi connectivity index (χ0) is 15.7. The third kappa shape index (κ3) is 2.52. The average Bonchev–Trinajstić information content (AvgIpc) is 2.47. The van der Waals surface area contributed by atoms with Gasteiger partial charge < -0.3 is 4.90 Å². The summed E-state index contributed by atoms with van der Waals surface area (Å²) >= 11 is 0. The number of aryl methyl sites for hydroxylation is 2. The van der Waals surface area contributed by atoms with Crippen molar-refractivity contribution in [3.05, 3.63) is 32.9 Å². The van der Waals surface area contributed by atoms with E-state index < -0.39 is 0 Å². The number of hydrogen-bond donors (Lipinski definition) is 0. The lowest BCUT2D eigenvalue weighted by atomic mass is 10.0. The monoisotopic (exact) mass is 288 g/mol. The zero-order valence-corrected chi connectivity index (χ0v) is 13.8. The van der Waals surface area contributed by atoms with E-state index in [4.69, 9.17) is 0 Å². The lowest BCUT2D eigenvalue weighted by Crippen LogP contribution is -2.31. The minimum atomic E-state index is -0.242. The van der Waals surface area contributed by atoms with Gasteiger partial charge in [0.1, 0.15) is 5.65 Å². The van der Waals surface area contributed by atoms with Gasteiger partial charge in [0.05, 0.1) is 0 Å². The highest BCUT2D eigenvalue weighted by Gasteiger charge is 2.15. The van der Waals surface area contributed by atoms with Crippen LogP contribution in [0.1, 0.15) is 42.7 Å². The second-order valence-electron chi connectivity index (χ2n) is 5.51. The molecule has 0 aromatic carbocycles. The number of anilines is 1. The Balaban J connectivity index is 2.80. The van der Waals surface area contributed by atoms with Crippen LogP contribution in [0.5, 0.6) is 0 Å². The SMILES string of the molecule is CCCN(CC)c1nc(=O)n2c(C)c(C)c(C)c(C)c2n1. The van der Waals surface area contributed by atoms with E-state index in [1.54, 1.807) is 4.40 Å². The average molecular weight is 288 g/mol. The minimum Gasteiger partial charge on any atom is -0.341 e. The molecule has 0 saturated carbocycles. The zero-order valence-electron chi connectivity index (χ0n) is 13.8. The molecule has 0 aliphatic rings. The summed E-state index contributed by atoms with van der Waals surface area (Å²) in [6.45, 7) is 13.9. The van der Waals surface area contributed by atoms with Crippen molar-refractivity contribution >= 4 is 11.6 Å². The van der Waals surface area contributed by atoms with Crippen LogP contribution in [-0.4, -0.2) is 27.5 Å². The van der Waals surface area contributed by atoms with Gasteiger partial charge in [-0.05, 0) is 57.7 Å². The van der Waals surface area contributed by atoms with E-state index in [2.05, 4.69) is 30.7 Å². The summed E-state index contributed by atoms with van der Waals surface area (Å²) in [6, 6.07) is 0. The Hall–Kier alpha value is -1.91. The van der Waals surface area contributed by atoms with Crippen molar-refractivity contribution in [1.29, 1.82) is 0 Å². The maximum absolute atomic E-state index is 12.4. The van der Waals surface area contributed by atoms with Gasteiger partial charge in [0.15, 0.2) is 0 Å². The second kappa shape index (κ2) is 5.84. The highest BCUT2D eigenvalue weighted by molar-refractivity contribution is 5.56. The van der Waals surface area contributed by atoms with Crippen LogP contribution in [0.25, 0.3) is 5.65 Å². The third-order valence-corrected chi connectivity index (χ3v) is 4.30. The topological polar surface area (TPSA) is 50.5 Å². The second-order valence-corrected chi connectivity index (χ2v) is 5.51. The Bertz CT molecular complexity index is 733. The van der Waals surface area contributed by atoms with Gasteiger partial charge in [-0.2, -0.15) is 9.97 Å². The highest BCUT2D eigenvalue weighted by Crippen LogP contribution is 2.20. The van der Waals surface area contributed by atoms with Gasteiger partial charge in [-0.25, -0.2) is 9.20 Å². The van der Waals surface area contributed by atoms with Crippen molar-refractivity contribution in [2.45, 2.75) is 48.0 Å². The molecular weight excluding hydrogens is 264 g/mol. The highest BCUT2D eigenvalue weighted by atomic mass is 16.1. The van der Waals surface area contributed by atoms with Crippen LogP contribution in [0.15, 0.2) is 4.79 Å². The molecule has 5 nitrogen and oxygen atoms in total. The third-order valence-electron chi connectivity index (χ3n) is 4.30. The number of pyridine rings is 1. The van der Waals surface area contributed by atoms with Crippen molar-refractivity contribution in [2.24, 2.45) is 0 Å². The first-order valence-electron chi connectivity index (χ1n) is 7.54. The number of nitrogens with zero attached hydrogens (tertiary/aromatic N) is 4. The smallest absolute Gasteiger partial charge is 0.341 e. The molecule has 2 rings (SSSR count). The van der Waals surface area contributed by atoms with E-state index in [1.807, 2.05) is 25.7 Å². The van der Waals surface area contributed by atoms with Crippen LogP contribution in [0, 0.1) is 27.7 Å². The summed E-state index contributed by atoms with van der Waals surface area (Å²) in [5.74, 6) is 0.537.